The molecule has 0 bridgehead atoms. The standard InChI is InChI=1S/C27H35O2Si.U/c1-6-14-22-20-28-26(25(22)15-7-2)21-29-30(27(3,4)5,23-16-10-8-11-17-23)24-18-12-9-13-19-24;/h6-13,16-20,22,25-26H,1-2,14-15,21H2,3-5H3;/q-1;/t22-,25-,26+;/m0./s1. The molecule has 2 nitrogen and oxygen atoms in total. The Morgan fingerprint density at radius 1 is 0.935 bits per heavy atom. The summed E-state index contributed by atoms with van der Waals surface area (Å²) in [5.74, 6) is 0.743. The molecule has 1 fully saturated rings. The van der Waals surface area contributed by atoms with Crippen LogP contribution >= 0.6 is 0 Å². The first kappa shape index (κ1) is 26.4. The molecule has 1 saturated heterocycles. The van der Waals surface area contributed by atoms with Crippen LogP contribution in [0.1, 0.15) is 33.6 Å². The minimum Gasteiger partial charge on any atom is -0.548 e. The summed E-state index contributed by atoms with van der Waals surface area (Å²) < 4.78 is 13.2. The predicted octanol–water partition coefficient (Wildman–Crippen LogP) is 5.51. The molecule has 1 aliphatic rings. The van der Waals surface area contributed by atoms with Crippen LogP contribution in [-0.2, 0) is 9.16 Å². The van der Waals surface area contributed by atoms with Gasteiger partial charge in [-0.3, -0.25) is 0 Å². The Bertz CT molecular complexity index is 777. The molecule has 2 aromatic rings. The smallest absolute Gasteiger partial charge is 0.261 e. The van der Waals surface area contributed by atoms with Crippen LogP contribution in [0, 0.1) is 49.6 Å². The third-order valence-corrected chi connectivity index (χ3v) is 11.2. The van der Waals surface area contributed by atoms with Crippen molar-refractivity contribution in [3.05, 3.63) is 92.6 Å². The monoisotopic (exact) mass is 657 g/mol. The van der Waals surface area contributed by atoms with Crippen LogP contribution in [0.2, 0.25) is 5.04 Å². The number of hydrogen-bond acceptors (Lipinski definition) is 2. The van der Waals surface area contributed by atoms with Gasteiger partial charge >= 0.3 is 0 Å². The molecular formula is C27H35O2SiU-. The van der Waals surface area contributed by atoms with Crippen LogP contribution < -0.4 is 10.4 Å². The molecule has 0 aliphatic carbocycles. The number of hydrogen-bond donors (Lipinski definition) is 0. The summed E-state index contributed by atoms with van der Waals surface area (Å²) in [6.45, 7) is 17.4. The first-order chi connectivity index (χ1) is 14.4. The van der Waals surface area contributed by atoms with E-state index in [-0.39, 0.29) is 42.3 Å². The second kappa shape index (κ2) is 11.8. The largest absolute Gasteiger partial charge is 0.548 e. The fraction of sp³-hybridized carbons (Fsp3) is 0.370. The van der Waals surface area contributed by atoms with Crippen LogP contribution in [0.4, 0.5) is 0 Å². The fourth-order valence-corrected chi connectivity index (χ4v) is 9.32. The fourth-order valence-electron chi connectivity index (χ4n) is 4.75. The van der Waals surface area contributed by atoms with Gasteiger partial charge in [0, 0.05) is 37.2 Å². The van der Waals surface area contributed by atoms with Crippen molar-refractivity contribution in [1.82, 2.24) is 0 Å². The molecule has 0 N–H and O–H groups in total. The second-order valence-corrected chi connectivity index (χ2v) is 13.5. The number of ether oxygens (including phenoxy) is 1. The van der Waals surface area contributed by atoms with Crippen molar-refractivity contribution in [3.8, 4) is 0 Å². The zero-order valence-corrected chi connectivity index (χ0v) is 24.3. The van der Waals surface area contributed by atoms with E-state index in [1.54, 1.807) is 0 Å². The minimum atomic E-state index is -2.55. The molecule has 0 amide bonds. The van der Waals surface area contributed by atoms with E-state index in [9.17, 15) is 0 Å². The summed E-state index contributed by atoms with van der Waals surface area (Å²) in [5.41, 5.74) is 0. The van der Waals surface area contributed by atoms with Crippen molar-refractivity contribution in [2.45, 2.75) is 44.8 Å². The Morgan fingerprint density at radius 2 is 1.45 bits per heavy atom. The summed E-state index contributed by atoms with van der Waals surface area (Å²) in [6, 6.07) is 21.6. The molecule has 0 aromatic heterocycles. The van der Waals surface area contributed by atoms with E-state index in [0.29, 0.717) is 18.4 Å². The van der Waals surface area contributed by atoms with Crippen molar-refractivity contribution in [3.63, 3.8) is 0 Å². The van der Waals surface area contributed by atoms with Crippen molar-refractivity contribution < 1.29 is 40.3 Å². The maximum atomic E-state index is 7.09. The SMILES string of the molecule is C=CC[C@H]1[C@@H](CC=C)[CH-]O[C@@H]1CO[Si](c1ccccc1)(c1ccccc1)C(C)(C)C.[U]. The van der Waals surface area contributed by atoms with Crippen molar-refractivity contribution in [2.24, 2.45) is 11.8 Å². The van der Waals surface area contributed by atoms with Crippen molar-refractivity contribution >= 4 is 18.7 Å². The summed E-state index contributed by atoms with van der Waals surface area (Å²) in [6.07, 6.45) is 5.86. The topological polar surface area (TPSA) is 18.5 Å². The summed E-state index contributed by atoms with van der Waals surface area (Å²) in [7, 11) is -2.55. The normalized spacial score (nSPS) is 21.3. The molecule has 0 unspecified atom stereocenters. The number of benzene rings is 2. The van der Waals surface area contributed by atoms with Crippen LogP contribution in [0.15, 0.2) is 86.0 Å². The van der Waals surface area contributed by atoms with Crippen molar-refractivity contribution in [2.75, 3.05) is 6.61 Å². The van der Waals surface area contributed by atoms with Gasteiger partial charge in [0.15, 0.2) is 0 Å². The third-order valence-electron chi connectivity index (χ3n) is 6.21. The van der Waals surface area contributed by atoms with Crippen LogP contribution in [0.5, 0.6) is 0 Å². The van der Waals surface area contributed by atoms with Gasteiger partial charge in [0.1, 0.15) is 0 Å². The summed E-state index contributed by atoms with van der Waals surface area (Å²) >= 11 is 0. The molecular weight excluding hydrogens is 622 g/mol. The molecule has 164 valence electrons. The maximum Gasteiger partial charge on any atom is 0.261 e. The zero-order chi connectivity index (χ0) is 21.6. The van der Waals surface area contributed by atoms with Gasteiger partial charge in [-0.1, -0.05) is 100 Å². The molecule has 2 aromatic carbocycles. The first-order valence-electron chi connectivity index (χ1n) is 10.9. The van der Waals surface area contributed by atoms with E-state index in [1.165, 1.54) is 10.4 Å². The van der Waals surface area contributed by atoms with Gasteiger partial charge in [-0.25, -0.2) is 6.61 Å². The quantitative estimate of drug-likeness (QED) is 0.201. The van der Waals surface area contributed by atoms with Crippen LogP contribution in [0.3, 0.4) is 0 Å². The van der Waals surface area contributed by atoms with Gasteiger partial charge in [-0.15, -0.1) is 19.1 Å². The molecule has 1 heterocycles. The van der Waals surface area contributed by atoms with E-state index in [0.717, 1.165) is 12.8 Å². The molecule has 3 atom stereocenters. The molecule has 1 aliphatic heterocycles. The van der Waals surface area contributed by atoms with E-state index >= 15 is 0 Å². The number of rotatable bonds is 9. The Labute approximate surface area is 213 Å². The Balaban J connectivity index is 0.00000341. The molecule has 0 saturated carbocycles. The van der Waals surface area contributed by atoms with Gasteiger partial charge < -0.3 is 9.16 Å². The predicted molar refractivity (Wildman–Crippen MR) is 129 cm³/mol. The van der Waals surface area contributed by atoms with Crippen LogP contribution in [-0.4, -0.2) is 21.0 Å². The third kappa shape index (κ3) is 5.73. The maximum absolute atomic E-state index is 7.09. The average molecular weight is 658 g/mol. The van der Waals surface area contributed by atoms with Gasteiger partial charge in [0.2, 0.25) is 0 Å². The Hall–Kier alpha value is -0.891. The van der Waals surface area contributed by atoms with Gasteiger partial charge in [0.05, 0.1) is 6.61 Å². The molecule has 31 heavy (non-hydrogen) atoms. The Morgan fingerprint density at radius 3 is 1.90 bits per heavy atom. The van der Waals surface area contributed by atoms with Gasteiger partial charge in [-0.05, 0) is 27.8 Å². The average Bonchev–Trinajstić information content (AvgIpc) is 3.11. The first-order valence-corrected chi connectivity index (χ1v) is 12.8. The van der Waals surface area contributed by atoms with Crippen molar-refractivity contribution in [1.29, 1.82) is 0 Å². The van der Waals surface area contributed by atoms with Gasteiger partial charge in [0.25, 0.3) is 8.32 Å². The van der Waals surface area contributed by atoms with E-state index in [4.69, 9.17) is 9.16 Å². The zero-order valence-electron chi connectivity index (χ0n) is 19.1. The second-order valence-electron chi connectivity index (χ2n) is 9.16. The van der Waals surface area contributed by atoms with Crippen LogP contribution in [0.25, 0.3) is 0 Å². The number of allylic oxidation sites excluding steroid dienone is 2. The molecule has 0 radical (unpaired) electrons. The minimum absolute atomic E-state index is 0. The van der Waals surface area contributed by atoms with Gasteiger partial charge in [-0.2, -0.15) is 0 Å². The van der Waals surface area contributed by atoms with E-state index < -0.39 is 8.32 Å². The summed E-state index contributed by atoms with van der Waals surface area (Å²) in [5, 5.41) is 2.56. The molecule has 4 heteroatoms. The molecule has 3 rings (SSSR count). The van der Waals surface area contributed by atoms with E-state index in [2.05, 4.69) is 94.6 Å². The van der Waals surface area contributed by atoms with E-state index in [1.807, 2.05) is 18.8 Å². The summed E-state index contributed by atoms with van der Waals surface area (Å²) in [4.78, 5) is 0. The molecule has 0 spiro atoms. The Kier molecular flexibility index (Phi) is 10.1.